The van der Waals surface area contributed by atoms with Gasteiger partial charge in [0.1, 0.15) is 11.2 Å². The molecule has 3 rings (SSSR count). The maximum absolute atomic E-state index is 12.4. The minimum absolute atomic E-state index is 0.276. The van der Waals surface area contributed by atoms with Crippen LogP contribution in [0.2, 0.25) is 5.02 Å². The minimum atomic E-state index is -0.571. The summed E-state index contributed by atoms with van der Waals surface area (Å²) in [6.07, 6.45) is 5.11. The molecule has 110 valence electrons. The van der Waals surface area contributed by atoms with Gasteiger partial charge in [-0.1, -0.05) is 29.6 Å². The first-order valence-corrected chi connectivity index (χ1v) is 7.22. The average Bonchev–Trinajstić information content (AvgIpc) is 3.09. The summed E-state index contributed by atoms with van der Waals surface area (Å²) in [6, 6.07) is 3.17. The molecule has 0 radical (unpaired) electrons. The first kappa shape index (κ1) is 14.0. The van der Waals surface area contributed by atoms with Crippen molar-refractivity contribution >= 4 is 17.5 Å². The average molecular weight is 307 g/mol. The molecule has 1 fully saturated rings. The van der Waals surface area contributed by atoms with Crippen LogP contribution in [0.5, 0.6) is 0 Å². The molecule has 1 N–H and O–H groups in total. The normalized spacial score (nSPS) is 16.9. The van der Waals surface area contributed by atoms with E-state index in [0.717, 1.165) is 25.7 Å². The molecule has 1 aliphatic carbocycles. The summed E-state index contributed by atoms with van der Waals surface area (Å²) in [5.74, 6) is 0.751. The second kappa shape index (κ2) is 5.44. The molecule has 6 nitrogen and oxygen atoms in total. The van der Waals surface area contributed by atoms with Crippen molar-refractivity contribution in [1.82, 2.24) is 20.4 Å². The zero-order valence-electron chi connectivity index (χ0n) is 11.6. The molecular weight excluding hydrogens is 292 g/mol. The van der Waals surface area contributed by atoms with Gasteiger partial charge in [0, 0.05) is 18.1 Å². The topological polar surface area (TPSA) is 80.9 Å². The van der Waals surface area contributed by atoms with Crippen molar-refractivity contribution in [3.05, 3.63) is 40.8 Å². The van der Waals surface area contributed by atoms with E-state index in [1.165, 1.54) is 6.20 Å². The maximum atomic E-state index is 12.4. The van der Waals surface area contributed by atoms with Crippen LogP contribution in [0.3, 0.4) is 0 Å². The Morgan fingerprint density at radius 1 is 1.43 bits per heavy atom. The Bertz CT molecular complexity index is 664. The number of carbonyl (C=O) groups is 1. The van der Waals surface area contributed by atoms with E-state index in [9.17, 15) is 4.79 Å². The van der Waals surface area contributed by atoms with Crippen LogP contribution < -0.4 is 5.32 Å². The molecule has 0 atom stereocenters. The highest BCUT2D eigenvalue weighted by atomic mass is 35.5. The third kappa shape index (κ3) is 2.76. The number of amides is 1. The summed E-state index contributed by atoms with van der Waals surface area (Å²) in [7, 11) is 0. The maximum Gasteiger partial charge on any atom is 0.270 e. The van der Waals surface area contributed by atoms with Crippen molar-refractivity contribution in [2.75, 3.05) is 0 Å². The van der Waals surface area contributed by atoms with E-state index in [2.05, 4.69) is 20.4 Å². The zero-order valence-corrected chi connectivity index (χ0v) is 12.4. The fourth-order valence-electron chi connectivity index (χ4n) is 2.69. The van der Waals surface area contributed by atoms with Crippen LogP contribution in [0.4, 0.5) is 0 Å². The predicted octanol–water partition coefficient (Wildman–Crippen LogP) is 2.63. The van der Waals surface area contributed by atoms with Gasteiger partial charge in [-0.15, -0.1) is 0 Å². The summed E-state index contributed by atoms with van der Waals surface area (Å²) in [5.41, 5.74) is -0.284. The number of nitrogens with one attached hydrogen (secondary N) is 1. The molecule has 2 aromatic heterocycles. The quantitative estimate of drug-likeness (QED) is 0.942. The monoisotopic (exact) mass is 306 g/mol. The van der Waals surface area contributed by atoms with Gasteiger partial charge in [0.05, 0.1) is 0 Å². The molecule has 2 heterocycles. The molecule has 0 unspecified atom stereocenters. The highest BCUT2D eigenvalue weighted by Crippen LogP contribution is 2.37. The van der Waals surface area contributed by atoms with Gasteiger partial charge in [-0.05, 0) is 25.0 Å². The number of aryl methyl sites for hydroxylation is 1. The van der Waals surface area contributed by atoms with Crippen molar-refractivity contribution in [2.45, 2.75) is 38.1 Å². The third-order valence-corrected chi connectivity index (χ3v) is 3.96. The Labute approximate surface area is 126 Å². The van der Waals surface area contributed by atoms with Gasteiger partial charge in [0.2, 0.25) is 5.89 Å². The molecule has 1 saturated carbocycles. The first-order chi connectivity index (χ1) is 10.1. The lowest BCUT2D eigenvalue weighted by Gasteiger charge is -2.26. The Morgan fingerprint density at radius 3 is 2.81 bits per heavy atom. The van der Waals surface area contributed by atoms with Crippen LogP contribution >= 0.6 is 11.6 Å². The Morgan fingerprint density at radius 2 is 2.19 bits per heavy atom. The van der Waals surface area contributed by atoms with Gasteiger partial charge < -0.3 is 9.84 Å². The van der Waals surface area contributed by atoms with E-state index in [1.54, 1.807) is 19.1 Å². The second-order valence-corrected chi connectivity index (χ2v) is 5.68. The van der Waals surface area contributed by atoms with Crippen LogP contribution in [0.25, 0.3) is 0 Å². The lowest BCUT2D eigenvalue weighted by Crippen LogP contribution is -2.45. The molecule has 2 aromatic rings. The molecule has 7 heteroatoms. The Hall–Kier alpha value is -1.95. The molecule has 0 saturated heterocycles. The van der Waals surface area contributed by atoms with E-state index >= 15 is 0 Å². The van der Waals surface area contributed by atoms with Gasteiger partial charge in [0.15, 0.2) is 5.82 Å². The number of hydrogen-bond acceptors (Lipinski definition) is 5. The fourth-order valence-corrected chi connectivity index (χ4v) is 2.85. The van der Waals surface area contributed by atoms with E-state index < -0.39 is 5.54 Å². The highest BCUT2D eigenvalue weighted by molar-refractivity contribution is 6.30. The van der Waals surface area contributed by atoms with Crippen molar-refractivity contribution < 1.29 is 9.32 Å². The first-order valence-electron chi connectivity index (χ1n) is 6.84. The number of hydrogen-bond donors (Lipinski definition) is 1. The highest BCUT2D eigenvalue weighted by Gasteiger charge is 2.41. The van der Waals surface area contributed by atoms with Crippen molar-refractivity contribution in [1.29, 1.82) is 0 Å². The summed E-state index contributed by atoms with van der Waals surface area (Å²) in [6.45, 7) is 1.74. The van der Waals surface area contributed by atoms with Gasteiger partial charge in [-0.3, -0.25) is 9.78 Å². The molecule has 1 aliphatic rings. The number of nitrogens with zero attached hydrogens (tertiary/aromatic N) is 3. The van der Waals surface area contributed by atoms with E-state index in [0.29, 0.717) is 16.7 Å². The van der Waals surface area contributed by atoms with Gasteiger partial charge >= 0.3 is 0 Å². The zero-order chi connectivity index (χ0) is 14.9. The van der Waals surface area contributed by atoms with Crippen LogP contribution in [-0.4, -0.2) is 21.0 Å². The van der Waals surface area contributed by atoms with Crippen LogP contribution in [0.1, 0.15) is 47.9 Å². The van der Waals surface area contributed by atoms with E-state index in [1.807, 2.05) is 0 Å². The van der Waals surface area contributed by atoms with Crippen LogP contribution in [0.15, 0.2) is 22.9 Å². The summed E-state index contributed by atoms with van der Waals surface area (Å²) < 4.78 is 5.06. The molecule has 0 spiro atoms. The van der Waals surface area contributed by atoms with Crippen molar-refractivity contribution in [3.63, 3.8) is 0 Å². The Balaban J connectivity index is 1.87. The smallest absolute Gasteiger partial charge is 0.270 e. The number of rotatable bonds is 3. The summed E-state index contributed by atoms with van der Waals surface area (Å²) in [5, 5.41) is 7.49. The predicted molar refractivity (Wildman–Crippen MR) is 75.9 cm³/mol. The largest absolute Gasteiger partial charge is 0.340 e. The molecular formula is C14H15ClN4O2. The third-order valence-electron chi connectivity index (χ3n) is 3.72. The van der Waals surface area contributed by atoms with E-state index in [-0.39, 0.29) is 11.6 Å². The summed E-state index contributed by atoms with van der Waals surface area (Å²) in [4.78, 5) is 20.8. The van der Waals surface area contributed by atoms with Crippen LogP contribution in [0, 0.1) is 6.92 Å². The van der Waals surface area contributed by atoms with Gasteiger partial charge in [-0.25, -0.2) is 0 Å². The number of aromatic nitrogens is 3. The SMILES string of the molecule is Cc1nc(C2(NC(=O)c3cc(Cl)ccn3)CCCC2)no1. The number of carbonyl (C=O) groups excluding carboxylic acids is 1. The number of halogens is 1. The number of pyridine rings is 1. The van der Waals surface area contributed by atoms with Crippen molar-refractivity contribution in [2.24, 2.45) is 0 Å². The molecule has 0 bridgehead atoms. The standard InChI is InChI=1S/C14H15ClN4O2/c1-9-17-13(19-21-9)14(5-2-3-6-14)18-12(20)11-8-10(15)4-7-16-11/h4,7-8H,2-3,5-6H2,1H3,(H,18,20). The lowest BCUT2D eigenvalue weighted by atomic mass is 9.96. The van der Waals surface area contributed by atoms with Crippen LogP contribution in [-0.2, 0) is 5.54 Å². The minimum Gasteiger partial charge on any atom is -0.340 e. The molecule has 0 aromatic carbocycles. The molecule has 21 heavy (non-hydrogen) atoms. The fraction of sp³-hybridized carbons (Fsp3) is 0.429. The molecule has 0 aliphatic heterocycles. The van der Waals surface area contributed by atoms with Gasteiger partial charge in [0.25, 0.3) is 5.91 Å². The molecule has 1 amide bonds. The second-order valence-electron chi connectivity index (χ2n) is 5.24. The Kier molecular flexibility index (Phi) is 3.63. The summed E-state index contributed by atoms with van der Waals surface area (Å²) >= 11 is 5.90. The van der Waals surface area contributed by atoms with Gasteiger partial charge in [-0.2, -0.15) is 4.98 Å². The lowest BCUT2D eigenvalue weighted by molar-refractivity contribution is 0.0886. The van der Waals surface area contributed by atoms with E-state index in [4.69, 9.17) is 16.1 Å². The van der Waals surface area contributed by atoms with Crippen molar-refractivity contribution in [3.8, 4) is 0 Å².